The predicted molar refractivity (Wildman–Crippen MR) is 151 cm³/mol. The second-order valence-corrected chi connectivity index (χ2v) is 11.5. The van der Waals surface area contributed by atoms with Crippen molar-refractivity contribution in [3.8, 4) is 23.6 Å². The number of amides is 2. The molecule has 10 heteroatoms. The molecular formula is C29H35N5O4S. The van der Waals surface area contributed by atoms with Crippen molar-refractivity contribution in [3.05, 3.63) is 35.2 Å². The van der Waals surface area contributed by atoms with E-state index in [9.17, 15) is 14.4 Å². The van der Waals surface area contributed by atoms with E-state index >= 15 is 0 Å². The van der Waals surface area contributed by atoms with Crippen LogP contribution >= 0.6 is 11.3 Å². The molecule has 0 bridgehead atoms. The van der Waals surface area contributed by atoms with Crippen molar-refractivity contribution in [2.45, 2.75) is 38.5 Å². The SMILES string of the molecule is C#C[C@@H]1CN(C(=O)[C@@H](NC(=O)c2ccc(-c3csc(N4CCN(C)CC4)n3)cc2)C(C)CC)[C@@H]2C(=O)CO[C@H]12. The Kier molecular flexibility index (Phi) is 8.03. The first kappa shape index (κ1) is 27.3. The number of hydrogen-bond donors (Lipinski definition) is 1. The van der Waals surface area contributed by atoms with E-state index in [1.54, 1.807) is 23.5 Å². The molecule has 1 unspecified atom stereocenters. The number of terminal acetylenes is 1. The number of benzene rings is 1. The smallest absolute Gasteiger partial charge is 0.251 e. The number of ether oxygens (including phenoxy) is 1. The van der Waals surface area contributed by atoms with Crippen molar-refractivity contribution in [2.75, 3.05) is 51.3 Å². The fourth-order valence-electron chi connectivity index (χ4n) is 5.45. The average molecular weight is 550 g/mol. The molecule has 2 aromatic rings. The molecule has 0 aliphatic carbocycles. The number of nitrogens with zero attached hydrogens (tertiary/aromatic N) is 4. The Morgan fingerprint density at radius 1 is 1.23 bits per heavy atom. The summed E-state index contributed by atoms with van der Waals surface area (Å²) in [5, 5.41) is 5.99. The molecule has 5 atom stereocenters. The van der Waals surface area contributed by atoms with Gasteiger partial charge in [-0.25, -0.2) is 4.98 Å². The van der Waals surface area contributed by atoms with Gasteiger partial charge in [-0.1, -0.05) is 38.3 Å². The van der Waals surface area contributed by atoms with Gasteiger partial charge in [0.05, 0.1) is 11.6 Å². The third-order valence-electron chi connectivity index (χ3n) is 8.16. The van der Waals surface area contributed by atoms with Gasteiger partial charge in [0, 0.05) is 49.2 Å². The van der Waals surface area contributed by atoms with E-state index in [1.165, 1.54) is 4.90 Å². The highest BCUT2D eigenvalue weighted by molar-refractivity contribution is 7.14. The molecule has 0 saturated carbocycles. The van der Waals surface area contributed by atoms with Gasteiger partial charge in [-0.05, 0) is 25.1 Å². The number of thiazole rings is 1. The van der Waals surface area contributed by atoms with Crippen LogP contribution in [0.1, 0.15) is 30.6 Å². The summed E-state index contributed by atoms with van der Waals surface area (Å²) in [6, 6.07) is 5.81. The monoisotopic (exact) mass is 549 g/mol. The molecule has 2 amide bonds. The number of carbonyl (C=O) groups excluding carboxylic acids is 3. The number of ketones is 1. The van der Waals surface area contributed by atoms with Crippen LogP contribution in [0.4, 0.5) is 5.13 Å². The Morgan fingerprint density at radius 2 is 1.95 bits per heavy atom. The van der Waals surface area contributed by atoms with Crippen molar-refractivity contribution in [3.63, 3.8) is 0 Å². The van der Waals surface area contributed by atoms with Crippen molar-refractivity contribution in [1.82, 2.24) is 20.1 Å². The molecule has 0 spiro atoms. The van der Waals surface area contributed by atoms with E-state index in [1.807, 2.05) is 31.4 Å². The van der Waals surface area contributed by atoms with Gasteiger partial charge < -0.3 is 24.8 Å². The zero-order valence-electron chi connectivity index (χ0n) is 22.6. The van der Waals surface area contributed by atoms with E-state index in [0.29, 0.717) is 12.0 Å². The van der Waals surface area contributed by atoms with Crippen LogP contribution in [0, 0.1) is 24.2 Å². The number of aromatic nitrogens is 1. The second kappa shape index (κ2) is 11.5. The van der Waals surface area contributed by atoms with Crippen LogP contribution in [0.2, 0.25) is 0 Å². The minimum absolute atomic E-state index is 0.0418. The average Bonchev–Trinajstić information content (AvgIpc) is 3.68. The number of piperazine rings is 1. The normalized spacial score (nSPS) is 24.8. The number of nitrogens with one attached hydrogen (secondary N) is 1. The lowest BCUT2D eigenvalue weighted by Gasteiger charge is -2.32. The number of likely N-dealkylation sites (N-methyl/N-ethyl adjacent to an activating group) is 1. The molecule has 5 rings (SSSR count). The summed E-state index contributed by atoms with van der Waals surface area (Å²) in [6.45, 7) is 8.06. The Labute approximate surface area is 233 Å². The Bertz CT molecular complexity index is 1260. The topological polar surface area (TPSA) is 95.1 Å². The zero-order valence-corrected chi connectivity index (χ0v) is 23.4. The highest BCUT2D eigenvalue weighted by Crippen LogP contribution is 2.33. The summed E-state index contributed by atoms with van der Waals surface area (Å²) in [7, 11) is 2.13. The third-order valence-corrected chi connectivity index (χ3v) is 9.06. The van der Waals surface area contributed by atoms with Crippen LogP contribution in [0.5, 0.6) is 0 Å². The highest BCUT2D eigenvalue weighted by Gasteiger charge is 2.53. The van der Waals surface area contributed by atoms with Gasteiger partial charge in [0.15, 0.2) is 10.9 Å². The standard InChI is InChI=1S/C29H35N5O4S/c1-5-18(3)24(28(37)34-15-19(6-2)26-25(34)23(35)16-38-26)31-27(36)21-9-7-20(8-10-21)22-17-39-29(30-22)33-13-11-32(4)12-14-33/h2,7-10,17-19,24-26H,5,11-16H2,1,3-4H3,(H,31,36)/t18?,19-,24+,25-,26-/m1/s1. The maximum atomic E-state index is 13.7. The first-order chi connectivity index (χ1) is 18.8. The molecule has 9 nitrogen and oxygen atoms in total. The van der Waals surface area contributed by atoms with E-state index in [0.717, 1.165) is 42.6 Å². The summed E-state index contributed by atoms with van der Waals surface area (Å²) in [6.07, 6.45) is 5.86. The summed E-state index contributed by atoms with van der Waals surface area (Å²) in [4.78, 5) is 50.4. The molecule has 39 heavy (non-hydrogen) atoms. The lowest BCUT2D eigenvalue weighted by atomic mass is 9.96. The molecule has 0 radical (unpaired) electrons. The molecule has 3 aliphatic rings. The Morgan fingerprint density at radius 3 is 2.62 bits per heavy atom. The van der Waals surface area contributed by atoms with Gasteiger partial charge in [0.2, 0.25) is 5.91 Å². The molecular weight excluding hydrogens is 514 g/mol. The predicted octanol–water partition coefficient (Wildman–Crippen LogP) is 2.13. The second-order valence-electron chi connectivity index (χ2n) is 10.7. The van der Waals surface area contributed by atoms with Gasteiger partial charge in [-0.3, -0.25) is 14.4 Å². The number of rotatable bonds is 7. The number of hydrogen-bond acceptors (Lipinski definition) is 8. The van der Waals surface area contributed by atoms with E-state index in [4.69, 9.17) is 16.1 Å². The van der Waals surface area contributed by atoms with Crippen LogP contribution in [0.25, 0.3) is 11.3 Å². The first-order valence-electron chi connectivity index (χ1n) is 13.5. The number of anilines is 1. The molecule has 206 valence electrons. The summed E-state index contributed by atoms with van der Waals surface area (Å²) in [5.74, 6) is 1.41. The summed E-state index contributed by atoms with van der Waals surface area (Å²) >= 11 is 1.63. The molecule has 3 aliphatic heterocycles. The van der Waals surface area contributed by atoms with Crippen molar-refractivity contribution in [1.29, 1.82) is 0 Å². The number of likely N-dealkylation sites (tertiary alicyclic amines) is 1. The largest absolute Gasteiger partial charge is 0.366 e. The third kappa shape index (κ3) is 5.44. The summed E-state index contributed by atoms with van der Waals surface area (Å²) < 4.78 is 5.60. The van der Waals surface area contributed by atoms with Crippen LogP contribution < -0.4 is 10.2 Å². The van der Waals surface area contributed by atoms with Gasteiger partial charge in [-0.2, -0.15) is 0 Å². The summed E-state index contributed by atoms with van der Waals surface area (Å²) in [5.41, 5.74) is 2.26. The van der Waals surface area contributed by atoms with Crippen molar-refractivity contribution < 1.29 is 19.1 Å². The van der Waals surface area contributed by atoms with Gasteiger partial charge in [-0.15, -0.1) is 17.8 Å². The minimum atomic E-state index is -0.780. The lowest BCUT2D eigenvalue weighted by Crippen LogP contribution is -2.54. The van der Waals surface area contributed by atoms with E-state index in [-0.39, 0.29) is 42.6 Å². The van der Waals surface area contributed by atoms with Crippen LogP contribution in [0.15, 0.2) is 29.6 Å². The fraction of sp³-hybridized carbons (Fsp3) is 0.517. The first-order valence-corrected chi connectivity index (χ1v) is 14.4. The van der Waals surface area contributed by atoms with Crippen LogP contribution in [-0.4, -0.2) is 96.9 Å². The van der Waals surface area contributed by atoms with E-state index in [2.05, 4.69) is 28.1 Å². The number of fused-ring (bicyclic) bond motifs is 1. The van der Waals surface area contributed by atoms with Crippen molar-refractivity contribution in [2.24, 2.45) is 11.8 Å². The maximum Gasteiger partial charge on any atom is 0.251 e. The van der Waals surface area contributed by atoms with Gasteiger partial charge >= 0.3 is 0 Å². The fourth-order valence-corrected chi connectivity index (χ4v) is 6.34. The maximum absolute atomic E-state index is 13.7. The molecule has 4 heterocycles. The quantitative estimate of drug-likeness (QED) is 0.529. The molecule has 1 N–H and O–H groups in total. The molecule has 3 fully saturated rings. The number of carbonyl (C=O) groups is 3. The van der Waals surface area contributed by atoms with E-state index < -0.39 is 18.2 Å². The number of Topliss-reactive ketones (excluding diaryl/α,β-unsaturated/α-hetero) is 1. The lowest BCUT2D eigenvalue weighted by molar-refractivity contribution is -0.139. The zero-order chi connectivity index (χ0) is 27.7. The van der Waals surface area contributed by atoms with Gasteiger partial charge in [0.25, 0.3) is 5.91 Å². The Balaban J connectivity index is 1.27. The Hall–Kier alpha value is -3.26. The highest BCUT2D eigenvalue weighted by atomic mass is 32.1. The van der Waals surface area contributed by atoms with Crippen molar-refractivity contribution >= 4 is 34.1 Å². The molecule has 3 saturated heterocycles. The van der Waals surface area contributed by atoms with Gasteiger partial charge in [0.1, 0.15) is 24.8 Å². The minimum Gasteiger partial charge on any atom is -0.366 e. The van der Waals surface area contributed by atoms with Crippen LogP contribution in [0.3, 0.4) is 0 Å². The van der Waals surface area contributed by atoms with Crippen LogP contribution in [-0.2, 0) is 14.3 Å². The molecule has 1 aromatic heterocycles. The molecule has 1 aromatic carbocycles.